The second-order valence-electron chi connectivity index (χ2n) is 5.38. The Labute approximate surface area is 141 Å². The van der Waals surface area contributed by atoms with E-state index in [1.54, 1.807) is 25.3 Å². The number of allylic oxidation sites excluding steroid dienone is 2. The molecular formula is C15H16F2IN3O. The van der Waals surface area contributed by atoms with E-state index in [1.165, 1.54) is 6.92 Å². The number of carbonyl (C=O) groups is 1. The molecule has 22 heavy (non-hydrogen) atoms. The van der Waals surface area contributed by atoms with E-state index in [4.69, 9.17) is 5.73 Å². The molecule has 0 aromatic carbocycles. The second-order valence-corrected chi connectivity index (χ2v) is 6.63. The molecule has 3 N–H and O–H groups in total. The normalized spacial score (nSPS) is 22.6. The number of halogens is 3. The maximum atomic E-state index is 13.7. The molecule has 7 heteroatoms. The summed E-state index contributed by atoms with van der Waals surface area (Å²) < 4.78 is 28.2. The zero-order valence-corrected chi connectivity index (χ0v) is 14.3. The lowest BCUT2D eigenvalue weighted by molar-refractivity contribution is 0.0946. The molecular weight excluding hydrogens is 403 g/mol. The maximum Gasteiger partial charge on any atom is 0.255 e. The van der Waals surface area contributed by atoms with Gasteiger partial charge in [0, 0.05) is 16.2 Å². The van der Waals surface area contributed by atoms with Gasteiger partial charge in [0.2, 0.25) is 0 Å². The Morgan fingerprint density at radius 1 is 1.59 bits per heavy atom. The second kappa shape index (κ2) is 6.31. The summed E-state index contributed by atoms with van der Waals surface area (Å²) in [6.07, 6.45) is 4.22. The Bertz CT molecular complexity index is 671. The van der Waals surface area contributed by atoms with E-state index >= 15 is 0 Å². The summed E-state index contributed by atoms with van der Waals surface area (Å²) >= 11 is 2.03. The molecule has 4 nitrogen and oxygen atoms in total. The molecule has 1 aromatic rings. The number of nitrogens with one attached hydrogen (secondary N) is 1. The largest absolute Gasteiger partial charge is 0.383 e. The molecule has 1 aliphatic rings. The van der Waals surface area contributed by atoms with Crippen LogP contribution in [0.4, 0.5) is 14.6 Å². The van der Waals surface area contributed by atoms with Gasteiger partial charge in [-0.15, -0.1) is 0 Å². The van der Waals surface area contributed by atoms with Crippen LogP contribution >= 0.6 is 22.6 Å². The molecule has 0 bridgehead atoms. The van der Waals surface area contributed by atoms with Crippen molar-refractivity contribution in [1.29, 1.82) is 0 Å². The molecule has 0 fully saturated rings. The van der Waals surface area contributed by atoms with E-state index in [-0.39, 0.29) is 17.8 Å². The first-order valence-corrected chi connectivity index (χ1v) is 7.77. The van der Waals surface area contributed by atoms with Gasteiger partial charge in [-0.1, -0.05) is 6.08 Å². The summed E-state index contributed by atoms with van der Waals surface area (Å²) in [6, 6.07) is 1.15. The lowest BCUT2D eigenvalue weighted by atomic mass is 9.91. The highest BCUT2D eigenvalue weighted by atomic mass is 127. The van der Waals surface area contributed by atoms with E-state index < -0.39 is 23.4 Å². The number of alkyl halides is 1. The SMILES string of the molecule is C[C@H](NC(=O)c1cc(I)cnc1N)C1=CCC(C)(F)C(F)=C1. The summed E-state index contributed by atoms with van der Waals surface area (Å²) in [6.45, 7) is 2.89. The zero-order chi connectivity index (χ0) is 16.5. The first kappa shape index (κ1) is 16.9. The van der Waals surface area contributed by atoms with Crippen molar-refractivity contribution in [3.8, 4) is 0 Å². The number of anilines is 1. The van der Waals surface area contributed by atoms with Crippen molar-refractivity contribution in [2.45, 2.75) is 32.0 Å². The molecule has 0 saturated heterocycles. The van der Waals surface area contributed by atoms with Crippen LogP contribution in [0.3, 0.4) is 0 Å². The number of aromatic nitrogens is 1. The van der Waals surface area contributed by atoms with Crippen LogP contribution in [0.15, 0.2) is 35.8 Å². The molecule has 118 valence electrons. The molecule has 1 unspecified atom stereocenters. The molecule has 1 aliphatic carbocycles. The summed E-state index contributed by atoms with van der Waals surface area (Å²) in [4.78, 5) is 16.2. The molecule has 0 saturated carbocycles. The highest BCUT2D eigenvalue weighted by Gasteiger charge is 2.32. The lowest BCUT2D eigenvalue weighted by Gasteiger charge is -2.24. The molecule has 2 atom stereocenters. The lowest BCUT2D eigenvalue weighted by Crippen LogP contribution is -2.35. The van der Waals surface area contributed by atoms with Gasteiger partial charge in [-0.3, -0.25) is 4.79 Å². The Hall–Kier alpha value is -1.51. The Morgan fingerprint density at radius 2 is 2.27 bits per heavy atom. The molecule has 1 amide bonds. The molecule has 0 radical (unpaired) electrons. The van der Waals surface area contributed by atoms with Gasteiger partial charge in [-0.05, 0) is 54.2 Å². The smallest absolute Gasteiger partial charge is 0.255 e. The quantitative estimate of drug-likeness (QED) is 0.739. The summed E-state index contributed by atoms with van der Waals surface area (Å²) in [5.74, 6) is -1.11. The van der Waals surface area contributed by atoms with Gasteiger partial charge in [0.1, 0.15) is 11.6 Å². The van der Waals surface area contributed by atoms with Gasteiger partial charge in [0.05, 0.1) is 11.6 Å². The van der Waals surface area contributed by atoms with Crippen LogP contribution in [0.5, 0.6) is 0 Å². The minimum atomic E-state index is -1.98. The van der Waals surface area contributed by atoms with Crippen LogP contribution in [0.1, 0.15) is 30.6 Å². The highest BCUT2D eigenvalue weighted by Crippen LogP contribution is 2.33. The standard InChI is InChI=1S/C15H16F2IN3O/c1-8(9-3-4-15(2,17)12(16)5-9)21-14(22)11-6-10(18)7-20-13(11)19/h3,5-8H,4H2,1-2H3,(H2,19,20)(H,21,22)/t8-,15?/m0/s1. The van der Waals surface area contributed by atoms with Crippen LogP contribution < -0.4 is 11.1 Å². The summed E-state index contributed by atoms with van der Waals surface area (Å²) in [5.41, 5.74) is 4.50. The van der Waals surface area contributed by atoms with Crippen molar-refractivity contribution < 1.29 is 13.6 Å². The van der Waals surface area contributed by atoms with Crippen molar-refractivity contribution in [2.75, 3.05) is 5.73 Å². The van der Waals surface area contributed by atoms with Gasteiger partial charge in [-0.25, -0.2) is 13.8 Å². The van der Waals surface area contributed by atoms with Crippen LogP contribution in [0.25, 0.3) is 0 Å². The topological polar surface area (TPSA) is 68.0 Å². The van der Waals surface area contributed by atoms with E-state index in [0.29, 0.717) is 5.57 Å². The number of amides is 1. The van der Waals surface area contributed by atoms with Crippen molar-refractivity contribution in [3.63, 3.8) is 0 Å². The first-order chi connectivity index (χ1) is 10.2. The number of nitrogens with zero attached hydrogens (tertiary/aromatic N) is 1. The van der Waals surface area contributed by atoms with Crippen molar-refractivity contribution in [3.05, 3.63) is 44.9 Å². The number of nitrogen functional groups attached to an aromatic ring is 1. The first-order valence-electron chi connectivity index (χ1n) is 6.69. The molecule has 0 aliphatic heterocycles. The Morgan fingerprint density at radius 3 is 2.91 bits per heavy atom. The third kappa shape index (κ3) is 3.63. The Balaban J connectivity index is 2.13. The third-order valence-electron chi connectivity index (χ3n) is 3.49. The molecule has 1 heterocycles. The number of hydrogen-bond donors (Lipinski definition) is 2. The van der Waals surface area contributed by atoms with E-state index in [1.807, 2.05) is 22.6 Å². The average Bonchev–Trinajstić information content (AvgIpc) is 2.44. The number of rotatable bonds is 3. The fourth-order valence-corrected chi connectivity index (χ4v) is 2.50. The summed E-state index contributed by atoms with van der Waals surface area (Å²) in [7, 11) is 0. The minimum absolute atomic E-state index is 0.0577. The third-order valence-corrected chi connectivity index (χ3v) is 4.08. The predicted molar refractivity (Wildman–Crippen MR) is 89.7 cm³/mol. The van der Waals surface area contributed by atoms with Crippen molar-refractivity contribution in [2.24, 2.45) is 0 Å². The highest BCUT2D eigenvalue weighted by molar-refractivity contribution is 14.1. The molecule has 0 spiro atoms. The van der Waals surface area contributed by atoms with Crippen molar-refractivity contribution >= 4 is 34.3 Å². The minimum Gasteiger partial charge on any atom is -0.383 e. The average molecular weight is 419 g/mol. The van der Waals surface area contributed by atoms with Gasteiger partial charge >= 0.3 is 0 Å². The van der Waals surface area contributed by atoms with E-state index in [9.17, 15) is 13.6 Å². The van der Waals surface area contributed by atoms with Crippen molar-refractivity contribution in [1.82, 2.24) is 10.3 Å². The Kier molecular flexibility index (Phi) is 4.84. The maximum absolute atomic E-state index is 13.7. The van der Waals surface area contributed by atoms with Crippen LogP contribution in [-0.2, 0) is 0 Å². The molecule has 1 aromatic heterocycles. The summed E-state index contributed by atoms with van der Waals surface area (Å²) in [5, 5.41) is 2.72. The van der Waals surface area contributed by atoms with Gasteiger partial charge in [0.25, 0.3) is 5.91 Å². The number of pyridine rings is 1. The monoisotopic (exact) mass is 419 g/mol. The number of carbonyl (C=O) groups excluding carboxylic acids is 1. The molecule has 2 rings (SSSR count). The van der Waals surface area contributed by atoms with E-state index in [0.717, 1.165) is 9.65 Å². The van der Waals surface area contributed by atoms with Crippen LogP contribution in [0, 0.1) is 3.57 Å². The predicted octanol–water partition coefficient (Wildman–Crippen LogP) is 3.30. The van der Waals surface area contributed by atoms with Gasteiger partial charge < -0.3 is 11.1 Å². The van der Waals surface area contributed by atoms with Gasteiger partial charge in [0.15, 0.2) is 5.67 Å². The van der Waals surface area contributed by atoms with Crippen LogP contribution in [0.2, 0.25) is 0 Å². The fraction of sp³-hybridized carbons (Fsp3) is 0.333. The van der Waals surface area contributed by atoms with E-state index in [2.05, 4.69) is 10.3 Å². The number of hydrogen-bond acceptors (Lipinski definition) is 3. The fourth-order valence-electron chi connectivity index (χ4n) is 2.05. The zero-order valence-electron chi connectivity index (χ0n) is 12.2. The van der Waals surface area contributed by atoms with Gasteiger partial charge in [-0.2, -0.15) is 0 Å². The van der Waals surface area contributed by atoms with Crippen LogP contribution in [-0.4, -0.2) is 22.6 Å². The number of nitrogens with two attached hydrogens (primary N) is 1.